The monoisotopic (exact) mass is 187 g/mol. The summed E-state index contributed by atoms with van der Waals surface area (Å²) in [4.78, 5) is 3.79. The van der Waals surface area contributed by atoms with Gasteiger partial charge in [0.15, 0.2) is 0 Å². The molecule has 1 N–H and O–H groups in total. The summed E-state index contributed by atoms with van der Waals surface area (Å²) < 4.78 is 1.64. The minimum Gasteiger partial charge on any atom is -0.390 e. The number of nitrogens with zero attached hydrogens (tertiary/aromatic N) is 3. The van der Waals surface area contributed by atoms with Crippen LogP contribution in [-0.4, -0.2) is 37.5 Å². The van der Waals surface area contributed by atoms with E-state index in [0.717, 1.165) is 0 Å². The van der Waals surface area contributed by atoms with E-state index in [1.165, 1.54) is 6.33 Å². The summed E-state index contributed by atoms with van der Waals surface area (Å²) in [7, 11) is 0. The van der Waals surface area contributed by atoms with Gasteiger partial charge in [0.25, 0.3) is 0 Å². The second-order valence-electron chi connectivity index (χ2n) is 2.63. The number of hydrogen-bond acceptors (Lipinski definition) is 4. The molecule has 2 atom stereocenters. The van der Waals surface area contributed by atoms with Crippen molar-refractivity contribution in [1.82, 2.24) is 14.8 Å². The van der Waals surface area contributed by atoms with Gasteiger partial charge in [-0.3, -0.25) is 4.68 Å². The van der Waals surface area contributed by atoms with Gasteiger partial charge in [0.2, 0.25) is 0 Å². The average molecular weight is 187 g/mol. The van der Waals surface area contributed by atoms with Crippen LogP contribution >= 0.6 is 11.8 Å². The lowest BCUT2D eigenvalue weighted by Crippen LogP contribution is -2.25. The second-order valence-corrected chi connectivity index (χ2v) is 3.84. The summed E-state index contributed by atoms with van der Waals surface area (Å²) in [6.07, 6.45) is 4.70. The molecule has 1 rings (SSSR count). The van der Waals surface area contributed by atoms with Crippen molar-refractivity contribution in [3.63, 3.8) is 0 Å². The van der Waals surface area contributed by atoms with Gasteiger partial charge in [0.1, 0.15) is 12.7 Å². The van der Waals surface area contributed by atoms with Crippen LogP contribution in [0.25, 0.3) is 0 Å². The first kappa shape index (κ1) is 9.54. The van der Waals surface area contributed by atoms with E-state index in [2.05, 4.69) is 10.1 Å². The van der Waals surface area contributed by atoms with Gasteiger partial charge in [-0.1, -0.05) is 6.92 Å². The molecule has 5 heteroatoms. The first-order chi connectivity index (χ1) is 5.74. The Kier molecular flexibility index (Phi) is 3.55. The molecule has 2 unspecified atom stereocenters. The fraction of sp³-hybridized carbons (Fsp3) is 0.714. The van der Waals surface area contributed by atoms with Crippen molar-refractivity contribution in [2.75, 3.05) is 6.26 Å². The maximum Gasteiger partial charge on any atom is 0.137 e. The zero-order chi connectivity index (χ0) is 8.97. The lowest BCUT2D eigenvalue weighted by Gasteiger charge is -2.15. The third-order valence-electron chi connectivity index (χ3n) is 1.75. The number of hydrogen-bond donors (Lipinski definition) is 1. The summed E-state index contributed by atoms with van der Waals surface area (Å²) in [6, 6.07) is 0. The molecule has 1 heterocycles. The highest BCUT2D eigenvalue weighted by atomic mass is 32.2. The van der Waals surface area contributed by atoms with Gasteiger partial charge in [-0.25, -0.2) is 4.98 Å². The maximum atomic E-state index is 9.58. The zero-order valence-electron chi connectivity index (χ0n) is 7.21. The van der Waals surface area contributed by atoms with Crippen LogP contribution in [0, 0.1) is 0 Å². The van der Waals surface area contributed by atoms with Gasteiger partial charge in [-0.15, -0.1) is 0 Å². The summed E-state index contributed by atoms with van der Waals surface area (Å²) in [5.41, 5.74) is 0. The molecule has 12 heavy (non-hydrogen) atoms. The molecule has 0 saturated heterocycles. The molecule has 0 bridgehead atoms. The van der Waals surface area contributed by atoms with E-state index in [1.807, 2.05) is 13.2 Å². The molecule has 0 amide bonds. The standard InChI is InChI=1S/C7H13N3OS/c1-6(12-2)7(11)3-10-5-8-4-9-10/h4-7,11H,3H2,1-2H3. The molecule has 68 valence electrons. The van der Waals surface area contributed by atoms with Crippen LogP contribution in [0.3, 0.4) is 0 Å². The van der Waals surface area contributed by atoms with Crippen molar-refractivity contribution in [3.05, 3.63) is 12.7 Å². The van der Waals surface area contributed by atoms with E-state index >= 15 is 0 Å². The number of thioether (sulfide) groups is 1. The highest BCUT2D eigenvalue weighted by molar-refractivity contribution is 7.99. The Morgan fingerprint density at radius 1 is 1.67 bits per heavy atom. The van der Waals surface area contributed by atoms with Crippen molar-refractivity contribution >= 4 is 11.8 Å². The minimum absolute atomic E-state index is 0.231. The van der Waals surface area contributed by atoms with E-state index in [4.69, 9.17) is 0 Å². The predicted molar refractivity (Wildman–Crippen MR) is 49.0 cm³/mol. The van der Waals surface area contributed by atoms with Crippen LogP contribution in [0.4, 0.5) is 0 Å². The van der Waals surface area contributed by atoms with Gasteiger partial charge in [0, 0.05) is 5.25 Å². The molecule has 0 aliphatic rings. The number of rotatable bonds is 4. The molecule has 1 aromatic rings. The van der Waals surface area contributed by atoms with Crippen molar-refractivity contribution in [3.8, 4) is 0 Å². The molecule has 0 aromatic carbocycles. The minimum atomic E-state index is -0.360. The number of aromatic nitrogens is 3. The van der Waals surface area contributed by atoms with Crippen molar-refractivity contribution in [1.29, 1.82) is 0 Å². The Morgan fingerprint density at radius 2 is 2.42 bits per heavy atom. The van der Waals surface area contributed by atoms with E-state index in [1.54, 1.807) is 22.8 Å². The summed E-state index contributed by atoms with van der Waals surface area (Å²) in [5, 5.41) is 13.7. The Labute approximate surface area is 76.0 Å². The fourth-order valence-electron chi connectivity index (χ4n) is 0.824. The van der Waals surface area contributed by atoms with Crippen molar-refractivity contribution in [2.24, 2.45) is 0 Å². The molecule has 0 radical (unpaired) electrons. The average Bonchev–Trinajstić information content (AvgIpc) is 2.55. The summed E-state index contributed by atoms with van der Waals surface area (Å²) in [6.45, 7) is 2.51. The van der Waals surface area contributed by atoms with Crippen LogP contribution in [0.1, 0.15) is 6.92 Å². The smallest absolute Gasteiger partial charge is 0.137 e. The van der Waals surface area contributed by atoms with Crippen molar-refractivity contribution < 1.29 is 5.11 Å². The van der Waals surface area contributed by atoms with Crippen LogP contribution in [0.5, 0.6) is 0 Å². The number of aliphatic hydroxyl groups is 1. The topological polar surface area (TPSA) is 50.9 Å². The molecule has 4 nitrogen and oxygen atoms in total. The first-order valence-corrected chi connectivity index (χ1v) is 5.06. The molecule has 1 aromatic heterocycles. The highest BCUT2D eigenvalue weighted by Crippen LogP contribution is 2.10. The lowest BCUT2D eigenvalue weighted by molar-refractivity contribution is 0.150. The highest BCUT2D eigenvalue weighted by Gasteiger charge is 2.13. The van der Waals surface area contributed by atoms with Gasteiger partial charge < -0.3 is 5.11 Å². The molecule has 0 fully saturated rings. The third-order valence-corrected chi connectivity index (χ3v) is 2.81. The van der Waals surface area contributed by atoms with Gasteiger partial charge in [-0.05, 0) is 6.26 Å². The summed E-state index contributed by atoms with van der Waals surface area (Å²) in [5.74, 6) is 0. The number of aliphatic hydroxyl groups excluding tert-OH is 1. The SMILES string of the molecule is CSC(C)C(O)Cn1cncn1. The van der Waals surface area contributed by atoms with Gasteiger partial charge in [-0.2, -0.15) is 16.9 Å². The molecular weight excluding hydrogens is 174 g/mol. The van der Waals surface area contributed by atoms with Gasteiger partial charge >= 0.3 is 0 Å². The van der Waals surface area contributed by atoms with E-state index in [9.17, 15) is 5.11 Å². The second kappa shape index (κ2) is 4.47. The van der Waals surface area contributed by atoms with E-state index in [-0.39, 0.29) is 11.4 Å². The lowest BCUT2D eigenvalue weighted by atomic mass is 10.3. The van der Waals surface area contributed by atoms with Crippen LogP contribution in [0.15, 0.2) is 12.7 Å². The molecule has 0 aliphatic heterocycles. The third kappa shape index (κ3) is 2.49. The van der Waals surface area contributed by atoms with Gasteiger partial charge in [0.05, 0.1) is 12.6 Å². The van der Waals surface area contributed by atoms with Crippen LogP contribution in [-0.2, 0) is 6.54 Å². The quantitative estimate of drug-likeness (QED) is 0.741. The normalized spacial score (nSPS) is 15.9. The molecule has 0 spiro atoms. The largest absolute Gasteiger partial charge is 0.390 e. The van der Waals surface area contributed by atoms with Crippen molar-refractivity contribution in [2.45, 2.75) is 24.8 Å². The first-order valence-electron chi connectivity index (χ1n) is 3.77. The zero-order valence-corrected chi connectivity index (χ0v) is 8.03. The van der Waals surface area contributed by atoms with E-state index in [0.29, 0.717) is 6.54 Å². The Morgan fingerprint density at radius 3 is 2.92 bits per heavy atom. The Balaban J connectivity index is 2.41. The predicted octanol–water partition coefficient (Wildman–Crippen LogP) is 0.390. The van der Waals surface area contributed by atoms with Crippen LogP contribution in [0.2, 0.25) is 0 Å². The molecular formula is C7H13N3OS. The summed E-state index contributed by atoms with van der Waals surface area (Å²) >= 11 is 1.64. The molecule has 0 saturated carbocycles. The maximum absolute atomic E-state index is 9.58. The fourth-order valence-corrected chi connectivity index (χ4v) is 1.22. The van der Waals surface area contributed by atoms with Crippen LogP contribution < -0.4 is 0 Å². The Hall–Kier alpha value is -0.550. The molecule has 0 aliphatic carbocycles. The Bertz CT molecular complexity index is 214. The van der Waals surface area contributed by atoms with E-state index < -0.39 is 0 Å².